The summed E-state index contributed by atoms with van der Waals surface area (Å²) in [6.07, 6.45) is 5.96. The van der Waals surface area contributed by atoms with Crippen molar-refractivity contribution in [3.05, 3.63) is 0 Å². The molecule has 2 saturated carbocycles. The first-order valence-electron chi connectivity index (χ1n) is 4.75. The number of hydrogen-bond acceptors (Lipinski definition) is 2. The lowest BCUT2D eigenvalue weighted by molar-refractivity contribution is 0.234. The molecule has 0 radical (unpaired) electrons. The number of oxime groups is 1. The van der Waals surface area contributed by atoms with Crippen LogP contribution in [0.2, 0.25) is 0 Å². The van der Waals surface area contributed by atoms with Gasteiger partial charge in [0, 0.05) is 0 Å². The molecule has 0 heterocycles. The van der Waals surface area contributed by atoms with Crippen molar-refractivity contribution in [1.29, 1.82) is 0 Å². The van der Waals surface area contributed by atoms with Crippen LogP contribution in [0, 0.1) is 10.8 Å². The molecule has 0 spiro atoms. The molecule has 0 aromatic rings. The number of fused-ring (bicyclic) bond motifs is 2. The Kier molecular flexibility index (Phi) is 1.51. The van der Waals surface area contributed by atoms with Gasteiger partial charge < -0.3 is 5.21 Å². The Labute approximate surface area is 73.7 Å². The second-order valence-corrected chi connectivity index (χ2v) is 5.32. The number of rotatable bonds is 0. The van der Waals surface area contributed by atoms with E-state index in [-0.39, 0.29) is 0 Å². The normalized spacial score (nSPS) is 50.0. The maximum Gasteiger partial charge on any atom is 0.0581 e. The summed E-state index contributed by atoms with van der Waals surface area (Å²) in [7, 11) is 0. The van der Waals surface area contributed by atoms with Crippen molar-refractivity contribution in [3.63, 3.8) is 0 Å². The quantitative estimate of drug-likeness (QED) is 0.436. The molecule has 0 aliphatic heterocycles. The lowest BCUT2D eigenvalue weighted by Crippen LogP contribution is -2.29. The van der Waals surface area contributed by atoms with Crippen LogP contribution in [0.4, 0.5) is 0 Å². The lowest BCUT2D eigenvalue weighted by atomic mass is 9.70. The average Bonchev–Trinajstić information content (AvgIpc) is 2.20. The minimum atomic E-state index is 0.439. The van der Waals surface area contributed by atoms with Crippen LogP contribution < -0.4 is 0 Å². The molecule has 2 bridgehead atoms. The van der Waals surface area contributed by atoms with Crippen LogP contribution >= 0.6 is 0 Å². The highest BCUT2D eigenvalue weighted by atomic mass is 16.4. The Morgan fingerprint density at radius 1 is 1.17 bits per heavy atom. The molecule has 68 valence electrons. The van der Waals surface area contributed by atoms with Crippen LogP contribution in [-0.2, 0) is 0 Å². The summed E-state index contributed by atoms with van der Waals surface area (Å²) in [6, 6.07) is 0. The Balaban J connectivity index is 2.27. The lowest BCUT2D eigenvalue weighted by Gasteiger charge is -2.35. The third kappa shape index (κ3) is 1.13. The van der Waals surface area contributed by atoms with E-state index in [1.807, 2.05) is 0 Å². The molecule has 0 amide bonds. The minimum Gasteiger partial charge on any atom is -0.411 e. The fraction of sp³-hybridized carbons (Fsp3) is 0.900. The van der Waals surface area contributed by atoms with Gasteiger partial charge in [-0.15, -0.1) is 0 Å². The van der Waals surface area contributed by atoms with Crippen LogP contribution in [0.1, 0.15) is 46.0 Å². The summed E-state index contributed by atoms with van der Waals surface area (Å²) in [5, 5.41) is 12.2. The predicted octanol–water partition coefficient (Wildman–Crippen LogP) is 2.81. The fourth-order valence-corrected chi connectivity index (χ4v) is 3.23. The van der Waals surface area contributed by atoms with Crippen LogP contribution in [0.25, 0.3) is 0 Å². The first kappa shape index (κ1) is 8.09. The van der Waals surface area contributed by atoms with E-state index < -0.39 is 0 Å². The molecule has 2 rings (SSSR count). The van der Waals surface area contributed by atoms with Gasteiger partial charge in [0.25, 0.3) is 0 Å². The fourth-order valence-electron chi connectivity index (χ4n) is 3.23. The summed E-state index contributed by atoms with van der Waals surface area (Å²) in [4.78, 5) is 0. The smallest absolute Gasteiger partial charge is 0.0581 e. The summed E-state index contributed by atoms with van der Waals surface area (Å²) < 4.78 is 0. The second-order valence-electron chi connectivity index (χ2n) is 5.32. The minimum absolute atomic E-state index is 0.439. The topological polar surface area (TPSA) is 32.6 Å². The molecule has 2 fully saturated rings. The summed E-state index contributed by atoms with van der Waals surface area (Å²) in [5.74, 6) is 0. The van der Waals surface area contributed by atoms with E-state index in [4.69, 9.17) is 5.21 Å². The molecule has 0 saturated heterocycles. The molecule has 1 N–H and O–H groups in total. The maximum atomic E-state index is 8.77. The molecule has 2 nitrogen and oxygen atoms in total. The maximum absolute atomic E-state index is 8.77. The van der Waals surface area contributed by atoms with Gasteiger partial charge >= 0.3 is 0 Å². The zero-order valence-corrected chi connectivity index (χ0v) is 7.93. The molecular weight excluding hydrogens is 150 g/mol. The molecule has 2 aliphatic rings. The van der Waals surface area contributed by atoms with Gasteiger partial charge in [-0.1, -0.05) is 19.0 Å². The monoisotopic (exact) mass is 167 g/mol. The average molecular weight is 167 g/mol. The van der Waals surface area contributed by atoms with Crippen molar-refractivity contribution in [3.8, 4) is 0 Å². The zero-order chi connectivity index (χ0) is 8.82. The Morgan fingerprint density at radius 2 is 1.67 bits per heavy atom. The van der Waals surface area contributed by atoms with E-state index in [1.54, 1.807) is 0 Å². The van der Waals surface area contributed by atoms with Gasteiger partial charge in [-0.2, -0.15) is 0 Å². The van der Waals surface area contributed by atoms with E-state index in [9.17, 15) is 0 Å². The Bertz CT molecular complexity index is 216. The van der Waals surface area contributed by atoms with Crippen molar-refractivity contribution in [2.75, 3.05) is 0 Å². The second kappa shape index (κ2) is 2.24. The van der Waals surface area contributed by atoms with E-state index in [2.05, 4.69) is 19.0 Å². The van der Waals surface area contributed by atoms with Gasteiger partial charge in [0.2, 0.25) is 0 Å². The van der Waals surface area contributed by atoms with Crippen molar-refractivity contribution in [2.45, 2.75) is 46.0 Å². The third-order valence-electron chi connectivity index (χ3n) is 3.59. The molecular formula is C10H17NO. The first-order chi connectivity index (χ1) is 5.55. The van der Waals surface area contributed by atoms with Gasteiger partial charge in [-0.05, 0) is 42.9 Å². The largest absolute Gasteiger partial charge is 0.411 e. The summed E-state index contributed by atoms with van der Waals surface area (Å²) in [5.41, 5.74) is 1.90. The Hall–Kier alpha value is -0.530. The standard InChI is InChI=1S/C10H17NO/c1-9-3-4-10(2,7-9)6-8(5-9)11-12/h12H,3-7H2,1-2H3/b11-8-/t9-,10+/m0/s1. The summed E-state index contributed by atoms with van der Waals surface area (Å²) in [6.45, 7) is 4.64. The van der Waals surface area contributed by atoms with Crippen molar-refractivity contribution >= 4 is 5.71 Å². The third-order valence-corrected chi connectivity index (χ3v) is 3.59. The molecule has 12 heavy (non-hydrogen) atoms. The van der Waals surface area contributed by atoms with Crippen LogP contribution in [-0.4, -0.2) is 10.9 Å². The van der Waals surface area contributed by atoms with E-state index >= 15 is 0 Å². The molecule has 2 aliphatic carbocycles. The van der Waals surface area contributed by atoms with Crippen LogP contribution in [0.15, 0.2) is 5.16 Å². The highest BCUT2D eigenvalue weighted by Gasteiger charge is 2.47. The molecule has 0 aromatic heterocycles. The van der Waals surface area contributed by atoms with Gasteiger partial charge in [-0.3, -0.25) is 0 Å². The first-order valence-corrected chi connectivity index (χ1v) is 4.75. The molecule has 0 aromatic carbocycles. The molecule has 2 atom stereocenters. The Morgan fingerprint density at radius 3 is 2.08 bits per heavy atom. The van der Waals surface area contributed by atoms with Gasteiger partial charge in [0.15, 0.2) is 0 Å². The SMILES string of the molecule is C[C@]12CC[C@](C)(C/C(=N\O)C1)C2. The highest BCUT2D eigenvalue weighted by Crippen LogP contribution is 2.56. The molecule has 0 unspecified atom stereocenters. The predicted molar refractivity (Wildman–Crippen MR) is 48.5 cm³/mol. The number of nitrogens with zero attached hydrogens (tertiary/aromatic N) is 1. The van der Waals surface area contributed by atoms with Gasteiger partial charge in [-0.25, -0.2) is 0 Å². The van der Waals surface area contributed by atoms with E-state index in [0.717, 1.165) is 18.6 Å². The van der Waals surface area contributed by atoms with Gasteiger partial charge in [0.1, 0.15) is 0 Å². The van der Waals surface area contributed by atoms with E-state index in [1.165, 1.54) is 19.3 Å². The number of hydrogen-bond donors (Lipinski definition) is 1. The van der Waals surface area contributed by atoms with Crippen LogP contribution in [0.3, 0.4) is 0 Å². The van der Waals surface area contributed by atoms with Gasteiger partial charge in [0.05, 0.1) is 5.71 Å². The van der Waals surface area contributed by atoms with Crippen LogP contribution in [0.5, 0.6) is 0 Å². The summed E-state index contributed by atoms with van der Waals surface area (Å²) >= 11 is 0. The molecule has 2 heteroatoms. The zero-order valence-electron chi connectivity index (χ0n) is 7.93. The highest BCUT2D eigenvalue weighted by molar-refractivity contribution is 5.86. The van der Waals surface area contributed by atoms with Crippen molar-refractivity contribution in [2.24, 2.45) is 16.0 Å². The van der Waals surface area contributed by atoms with E-state index in [0.29, 0.717) is 10.8 Å². The van der Waals surface area contributed by atoms with Crippen molar-refractivity contribution in [1.82, 2.24) is 0 Å². The van der Waals surface area contributed by atoms with Crippen molar-refractivity contribution < 1.29 is 5.21 Å².